The molecule has 0 radical (unpaired) electrons. The van der Waals surface area contributed by atoms with E-state index in [9.17, 15) is 19.3 Å². The molecule has 1 aliphatic carbocycles. The number of alkyl halides is 1. The lowest BCUT2D eigenvalue weighted by Gasteiger charge is -2.12. The second-order valence-electron chi connectivity index (χ2n) is 4.96. The molecule has 0 spiro atoms. The van der Waals surface area contributed by atoms with Crippen LogP contribution in [0.25, 0.3) is 0 Å². The highest BCUT2D eigenvalue weighted by Gasteiger charge is 2.86. The number of carbonyl (C=O) groups is 1. The topological polar surface area (TPSA) is 78.7 Å². The summed E-state index contributed by atoms with van der Waals surface area (Å²) in [6.07, 6.45) is -0.513. The number of benzene rings is 1. The molecule has 114 valence electrons. The molecule has 6 nitrogen and oxygen atoms in total. The zero-order valence-electron chi connectivity index (χ0n) is 11.6. The van der Waals surface area contributed by atoms with Gasteiger partial charge in [-0.15, -0.1) is 0 Å². The molecule has 0 aliphatic heterocycles. The van der Waals surface area contributed by atoms with Crippen LogP contribution in [-0.4, -0.2) is 35.3 Å². The summed E-state index contributed by atoms with van der Waals surface area (Å²) < 4.78 is 24.3. The number of hydrogen-bond donors (Lipinski definition) is 0. The molecule has 21 heavy (non-hydrogen) atoms. The van der Waals surface area contributed by atoms with Gasteiger partial charge in [-0.25, -0.2) is 9.18 Å². The van der Waals surface area contributed by atoms with Gasteiger partial charge in [-0.3, -0.25) is 10.1 Å². The molecule has 1 saturated carbocycles. The van der Waals surface area contributed by atoms with E-state index in [-0.39, 0.29) is 13.2 Å². The van der Waals surface area contributed by atoms with E-state index in [4.69, 9.17) is 4.74 Å². The van der Waals surface area contributed by atoms with E-state index < -0.39 is 35.1 Å². The van der Waals surface area contributed by atoms with Gasteiger partial charge in [-0.2, -0.15) is 0 Å². The third-order valence-corrected chi connectivity index (χ3v) is 3.52. The van der Waals surface area contributed by atoms with Crippen LogP contribution in [-0.2, 0) is 20.9 Å². The van der Waals surface area contributed by atoms with Crippen molar-refractivity contribution < 1.29 is 23.6 Å². The number of hydrogen-bond acceptors (Lipinski definition) is 5. The van der Waals surface area contributed by atoms with Crippen molar-refractivity contribution in [3.63, 3.8) is 0 Å². The molecule has 0 aromatic heterocycles. The highest BCUT2D eigenvalue weighted by molar-refractivity contribution is 5.85. The molecule has 0 saturated heterocycles. The van der Waals surface area contributed by atoms with Crippen LogP contribution in [0.5, 0.6) is 0 Å². The van der Waals surface area contributed by atoms with Crippen molar-refractivity contribution in [3.8, 4) is 0 Å². The van der Waals surface area contributed by atoms with Crippen molar-refractivity contribution in [2.24, 2.45) is 0 Å². The molecule has 0 bridgehead atoms. The minimum Gasteiger partial charge on any atom is -0.461 e. The molecule has 2 unspecified atom stereocenters. The number of ether oxygens (including phenoxy) is 2. The first kappa shape index (κ1) is 15.4. The van der Waals surface area contributed by atoms with Crippen LogP contribution in [0.4, 0.5) is 4.39 Å². The fourth-order valence-electron chi connectivity index (χ4n) is 2.24. The molecule has 1 aromatic rings. The predicted octanol–water partition coefficient (Wildman–Crippen LogP) is 1.89. The molecule has 0 heterocycles. The fourth-order valence-corrected chi connectivity index (χ4v) is 2.24. The van der Waals surface area contributed by atoms with E-state index in [2.05, 4.69) is 4.74 Å². The van der Waals surface area contributed by atoms with E-state index >= 15 is 0 Å². The predicted molar refractivity (Wildman–Crippen MR) is 70.9 cm³/mol. The van der Waals surface area contributed by atoms with Gasteiger partial charge in [0.1, 0.15) is 0 Å². The highest BCUT2D eigenvalue weighted by Crippen LogP contribution is 2.54. The number of esters is 1. The van der Waals surface area contributed by atoms with Crippen LogP contribution in [0.3, 0.4) is 0 Å². The third-order valence-electron chi connectivity index (χ3n) is 3.52. The molecule has 1 aliphatic rings. The van der Waals surface area contributed by atoms with Gasteiger partial charge in [0, 0.05) is 4.92 Å². The molecule has 1 fully saturated rings. The summed E-state index contributed by atoms with van der Waals surface area (Å²) >= 11 is 0. The largest absolute Gasteiger partial charge is 0.461 e. The minimum absolute atomic E-state index is 0.0324. The van der Waals surface area contributed by atoms with Gasteiger partial charge in [-0.05, 0) is 12.5 Å². The van der Waals surface area contributed by atoms with E-state index in [0.717, 1.165) is 5.56 Å². The zero-order chi connectivity index (χ0) is 15.5. The van der Waals surface area contributed by atoms with E-state index in [1.54, 1.807) is 24.3 Å². The van der Waals surface area contributed by atoms with Crippen molar-refractivity contribution in [3.05, 3.63) is 46.0 Å². The summed E-state index contributed by atoms with van der Waals surface area (Å²) in [6.45, 7) is 1.10. The third kappa shape index (κ3) is 2.73. The van der Waals surface area contributed by atoms with Gasteiger partial charge in [0.2, 0.25) is 5.67 Å². The maximum atomic E-state index is 14.5. The number of rotatable bonds is 7. The minimum atomic E-state index is -2.32. The monoisotopic (exact) mass is 297 g/mol. The maximum absolute atomic E-state index is 14.5. The Morgan fingerprint density at radius 3 is 2.67 bits per heavy atom. The second-order valence-corrected chi connectivity index (χ2v) is 4.96. The molecule has 2 atom stereocenters. The average molecular weight is 297 g/mol. The Bertz CT molecular complexity index is 537. The first-order valence-corrected chi connectivity index (χ1v) is 6.58. The van der Waals surface area contributed by atoms with Crippen molar-refractivity contribution in [2.75, 3.05) is 13.2 Å². The molecular weight excluding hydrogens is 281 g/mol. The molecule has 0 amide bonds. The Hall–Kier alpha value is -2.02. The highest BCUT2D eigenvalue weighted by atomic mass is 19.1. The number of nitrogens with zero attached hydrogens (tertiary/aromatic N) is 1. The first-order valence-electron chi connectivity index (χ1n) is 6.58. The van der Waals surface area contributed by atoms with Crippen molar-refractivity contribution in [1.82, 2.24) is 0 Å². The summed E-state index contributed by atoms with van der Waals surface area (Å²) in [5.74, 6) is -1.14. The number of halogens is 1. The summed E-state index contributed by atoms with van der Waals surface area (Å²) in [4.78, 5) is 21.8. The molecule has 7 heteroatoms. The van der Waals surface area contributed by atoms with Gasteiger partial charge in [-0.1, -0.05) is 30.3 Å². The van der Waals surface area contributed by atoms with Gasteiger partial charge in [0.15, 0.2) is 0 Å². The van der Waals surface area contributed by atoms with Crippen LogP contribution in [0.1, 0.15) is 18.9 Å². The number of carbonyl (C=O) groups excluding carboxylic acids is 1. The summed E-state index contributed by atoms with van der Waals surface area (Å²) in [5, 5.41) is 11.1. The Labute approximate surface area is 121 Å². The second kappa shape index (κ2) is 5.77. The number of nitro groups is 1. The van der Waals surface area contributed by atoms with Gasteiger partial charge in [0.05, 0.1) is 26.2 Å². The van der Waals surface area contributed by atoms with Crippen LogP contribution >= 0.6 is 0 Å². The van der Waals surface area contributed by atoms with Crippen LogP contribution in [0.2, 0.25) is 0 Å². The van der Waals surface area contributed by atoms with Crippen molar-refractivity contribution in [1.29, 1.82) is 0 Å². The smallest absolute Gasteiger partial charge is 0.388 e. The normalized spacial score (nSPS) is 27.1. The Balaban J connectivity index is 1.97. The summed E-state index contributed by atoms with van der Waals surface area (Å²) in [5.41, 5.74) is -3.80. The zero-order valence-corrected chi connectivity index (χ0v) is 11.6. The van der Waals surface area contributed by atoms with Crippen molar-refractivity contribution in [2.45, 2.75) is 31.2 Å². The Morgan fingerprint density at radius 2 is 2.10 bits per heavy atom. The van der Waals surface area contributed by atoms with E-state index in [1.807, 2.05) is 6.07 Å². The Kier molecular flexibility index (Phi) is 4.22. The van der Waals surface area contributed by atoms with Crippen LogP contribution < -0.4 is 0 Å². The quantitative estimate of drug-likeness (QED) is 0.436. The lowest BCUT2D eigenvalue weighted by atomic mass is 10.2. The molecule has 1 aromatic carbocycles. The van der Waals surface area contributed by atoms with Gasteiger partial charge < -0.3 is 9.47 Å². The van der Waals surface area contributed by atoms with E-state index in [0.29, 0.717) is 0 Å². The first-order chi connectivity index (χ1) is 9.96. The maximum Gasteiger partial charge on any atom is 0.388 e. The molecule has 0 N–H and O–H groups in total. The van der Waals surface area contributed by atoms with Crippen LogP contribution in [0, 0.1) is 10.1 Å². The summed E-state index contributed by atoms with van der Waals surface area (Å²) in [6, 6.07) is 9.04. The lowest BCUT2D eigenvalue weighted by molar-refractivity contribution is -0.533. The average Bonchev–Trinajstić information content (AvgIpc) is 3.08. The van der Waals surface area contributed by atoms with Crippen LogP contribution in [0.15, 0.2) is 30.3 Å². The van der Waals surface area contributed by atoms with E-state index in [1.165, 1.54) is 6.92 Å². The van der Waals surface area contributed by atoms with Crippen molar-refractivity contribution >= 4 is 5.97 Å². The van der Waals surface area contributed by atoms with Gasteiger partial charge in [0.25, 0.3) is 0 Å². The standard InChI is InChI=1S/C14H16FNO5/c1-2-21-12(17)14(16(18)19)9-13(14,15)10-20-8-11-6-4-3-5-7-11/h3-7H,2,8-10H2,1H3. The lowest BCUT2D eigenvalue weighted by Crippen LogP contribution is -2.42. The summed E-state index contributed by atoms with van der Waals surface area (Å²) in [7, 11) is 0. The van der Waals surface area contributed by atoms with Gasteiger partial charge >= 0.3 is 11.5 Å². The molecule has 2 rings (SSSR count). The SMILES string of the molecule is CCOC(=O)C1([N+](=O)[O-])CC1(F)COCc1ccccc1. The Morgan fingerprint density at radius 1 is 1.43 bits per heavy atom. The fraction of sp³-hybridized carbons (Fsp3) is 0.500. The molecular formula is C14H16FNO5.